The van der Waals surface area contributed by atoms with Gasteiger partial charge in [0.25, 0.3) is 0 Å². The third-order valence-electron chi connectivity index (χ3n) is 3.56. The van der Waals surface area contributed by atoms with Crippen LogP contribution in [-0.2, 0) is 16.1 Å². The summed E-state index contributed by atoms with van der Waals surface area (Å²) in [5, 5.41) is 3.60. The highest BCUT2D eigenvalue weighted by Gasteiger charge is 2.27. The second-order valence-electron chi connectivity index (χ2n) is 5.15. The van der Waals surface area contributed by atoms with Gasteiger partial charge in [-0.25, -0.2) is 0 Å². The van der Waals surface area contributed by atoms with Crippen LogP contribution in [0.4, 0.5) is 0 Å². The van der Waals surface area contributed by atoms with Gasteiger partial charge in [-0.05, 0) is 37.9 Å². The molecule has 2 rings (SSSR count). The maximum absolute atomic E-state index is 5.89. The fraction of sp³-hybridized carbons (Fsp3) is 0.733. The van der Waals surface area contributed by atoms with Gasteiger partial charge in [0.05, 0.1) is 12.6 Å². The van der Waals surface area contributed by atoms with Crippen molar-refractivity contribution in [1.29, 1.82) is 0 Å². The molecule has 0 aromatic carbocycles. The van der Waals surface area contributed by atoms with Crippen LogP contribution in [-0.4, -0.2) is 26.9 Å². The predicted octanol–water partition coefficient (Wildman–Crippen LogP) is 2.89. The molecule has 108 valence electrons. The molecular weight excluding hydrogens is 242 g/mol. The standard InChI is InChI=1S/C15H25NO3/c1-3-8-16-15(12-5-4-9-18-10-12)14-7-6-13(19-14)11-17-2/h6-7,12,15-16H,3-5,8-11H2,1-2H3. The van der Waals surface area contributed by atoms with Crippen LogP contribution in [0.25, 0.3) is 0 Å². The number of hydrogen-bond donors (Lipinski definition) is 1. The van der Waals surface area contributed by atoms with Crippen LogP contribution in [0.1, 0.15) is 43.7 Å². The van der Waals surface area contributed by atoms with Crippen molar-refractivity contribution < 1.29 is 13.9 Å². The van der Waals surface area contributed by atoms with Crippen LogP contribution in [0.3, 0.4) is 0 Å². The molecule has 4 heteroatoms. The van der Waals surface area contributed by atoms with Gasteiger partial charge in [-0.1, -0.05) is 6.92 Å². The Kier molecular flexibility index (Phi) is 5.89. The van der Waals surface area contributed by atoms with Crippen molar-refractivity contribution in [3.63, 3.8) is 0 Å². The van der Waals surface area contributed by atoms with Crippen molar-refractivity contribution in [3.8, 4) is 0 Å². The fourth-order valence-corrected chi connectivity index (χ4v) is 2.61. The van der Waals surface area contributed by atoms with Gasteiger partial charge in [-0.2, -0.15) is 0 Å². The summed E-state index contributed by atoms with van der Waals surface area (Å²) in [5.41, 5.74) is 0. The van der Waals surface area contributed by atoms with Crippen LogP contribution in [0.2, 0.25) is 0 Å². The molecule has 2 atom stereocenters. The van der Waals surface area contributed by atoms with E-state index in [9.17, 15) is 0 Å². The maximum atomic E-state index is 5.89. The molecule has 0 aliphatic carbocycles. The molecule has 4 nitrogen and oxygen atoms in total. The average molecular weight is 267 g/mol. The summed E-state index contributed by atoms with van der Waals surface area (Å²) in [6, 6.07) is 4.32. The Bertz CT molecular complexity index is 358. The van der Waals surface area contributed by atoms with E-state index in [-0.39, 0.29) is 6.04 Å². The molecule has 0 saturated carbocycles. The molecule has 0 bridgehead atoms. The monoisotopic (exact) mass is 267 g/mol. The van der Waals surface area contributed by atoms with Crippen molar-refractivity contribution in [2.75, 3.05) is 26.9 Å². The Morgan fingerprint density at radius 3 is 3.05 bits per heavy atom. The number of rotatable bonds is 7. The lowest BCUT2D eigenvalue weighted by Crippen LogP contribution is -2.33. The molecule has 0 radical (unpaired) electrons. The highest BCUT2D eigenvalue weighted by atomic mass is 16.5. The Morgan fingerprint density at radius 1 is 1.47 bits per heavy atom. The lowest BCUT2D eigenvalue weighted by molar-refractivity contribution is 0.0350. The molecule has 0 spiro atoms. The van der Waals surface area contributed by atoms with Crippen molar-refractivity contribution in [2.24, 2.45) is 5.92 Å². The topological polar surface area (TPSA) is 43.6 Å². The van der Waals surface area contributed by atoms with Crippen molar-refractivity contribution in [3.05, 3.63) is 23.7 Å². The molecule has 19 heavy (non-hydrogen) atoms. The molecule has 1 aromatic heterocycles. The summed E-state index contributed by atoms with van der Waals surface area (Å²) in [5.74, 6) is 2.40. The number of ether oxygens (including phenoxy) is 2. The summed E-state index contributed by atoms with van der Waals surface area (Å²) < 4.78 is 16.6. The van der Waals surface area contributed by atoms with Crippen LogP contribution in [0, 0.1) is 5.92 Å². The quantitative estimate of drug-likeness (QED) is 0.825. The van der Waals surface area contributed by atoms with Gasteiger partial charge in [-0.15, -0.1) is 0 Å². The van der Waals surface area contributed by atoms with Crippen LogP contribution >= 0.6 is 0 Å². The van der Waals surface area contributed by atoms with Crippen LogP contribution in [0.15, 0.2) is 16.5 Å². The fourth-order valence-electron chi connectivity index (χ4n) is 2.61. The highest BCUT2D eigenvalue weighted by molar-refractivity contribution is 5.11. The first-order valence-electron chi connectivity index (χ1n) is 7.23. The van der Waals surface area contributed by atoms with Crippen LogP contribution < -0.4 is 5.32 Å². The van der Waals surface area contributed by atoms with Crippen molar-refractivity contribution in [2.45, 2.75) is 38.8 Å². The van der Waals surface area contributed by atoms with E-state index in [0.717, 1.165) is 44.1 Å². The number of methoxy groups -OCH3 is 1. The van der Waals surface area contributed by atoms with Gasteiger partial charge in [0.15, 0.2) is 0 Å². The van der Waals surface area contributed by atoms with Gasteiger partial charge < -0.3 is 19.2 Å². The van der Waals surface area contributed by atoms with Gasteiger partial charge in [0.1, 0.15) is 18.1 Å². The molecule has 0 amide bonds. The molecular formula is C15H25NO3. The third-order valence-corrected chi connectivity index (χ3v) is 3.56. The maximum Gasteiger partial charge on any atom is 0.129 e. The Morgan fingerprint density at radius 2 is 2.37 bits per heavy atom. The lowest BCUT2D eigenvalue weighted by atomic mass is 9.92. The van der Waals surface area contributed by atoms with E-state index in [0.29, 0.717) is 12.5 Å². The second kappa shape index (κ2) is 7.68. The zero-order chi connectivity index (χ0) is 13.5. The first kappa shape index (κ1) is 14.6. The Hall–Kier alpha value is -0.840. The summed E-state index contributed by atoms with van der Waals surface area (Å²) in [6.07, 6.45) is 3.46. The summed E-state index contributed by atoms with van der Waals surface area (Å²) in [6.45, 7) is 5.43. The molecule has 1 aliphatic rings. The zero-order valence-electron chi connectivity index (χ0n) is 12.0. The SMILES string of the molecule is CCCNC(c1ccc(COC)o1)C1CCCOC1. The van der Waals surface area contributed by atoms with E-state index in [1.165, 1.54) is 6.42 Å². The van der Waals surface area contributed by atoms with E-state index in [4.69, 9.17) is 13.9 Å². The second-order valence-corrected chi connectivity index (χ2v) is 5.15. The van der Waals surface area contributed by atoms with Gasteiger partial charge in [-0.3, -0.25) is 0 Å². The van der Waals surface area contributed by atoms with Gasteiger partial charge in [0, 0.05) is 19.6 Å². The van der Waals surface area contributed by atoms with E-state index >= 15 is 0 Å². The first-order chi connectivity index (χ1) is 9.35. The molecule has 1 saturated heterocycles. The van der Waals surface area contributed by atoms with Gasteiger partial charge in [0.2, 0.25) is 0 Å². The lowest BCUT2D eigenvalue weighted by Gasteiger charge is -2.29. The van der Waals surface area contributed by atoms with Crippen LogP contribution in [0.5, 0.6) is 0 Å². The van der Waals surface area contributed by atoms with Crippen molar-refractivity contribution >= 4 is 0 Å². The summed E-state index contributed by atoms with van der Waals surface area (Å²) >= 11 is 0. The molecule has 2 heterocycles. The molecule has 1 aliphatic heterocycles. The highest BCUT2D eigenvalue weighted by Crippen LogP contribution is 2.30. The van der Waals surface area contributed by atoms with E-state index in [1.807, 2.05) is 6.07 Å². The minimum Gasteiger partial charge on any atom is -0.462 e. The molecule has 2 unspecified atom stereocenters. The minimum absolute atomic E-state index is 0.255. The summed E-state index contributed by atoms with van der Waals surface area (Å²) in [4.78, 5) is 0. The van der Waals surface area contributed by atoms with Gasteiger partial charge >= 0.3 is 0 Å². The molecule has 1 aromatic rings. The van der Waals surface area contributed by atoms with E-state index in [2.05, 4.69) is 18.3 Å². The third kappa shape index (κ3) is 4.06. The smallest absolute Gasteiger partial charge is 0.129 e. The Balaban J connectivity index is 2.05. The molecule has 1 fully saturated rings. The molecule has 1 N–H and O–H groups in total. The minimum atomic E-state index is 0.255. The Labute approximate surface area is 115 Å². The number of nitrogens with one attached hydrogen (secondary N) is 1. The largest absolute Gasteiger partial charge is 0.462 e. The van der Waals surface area contributed by atoms with Crippen molar-refractivity contribution in [1.82, 2.24) is 5.32 Å². The zero-order valence-corrected chi connectivity index (χ0v) is 12.0. The number of furan rings is 1. The average Bonchev–Trinajstić information content (AvgIpc) is 2.89. The summed E-state index contributed by atoms with van der Waals surface area (Å²) in [7, 11) is 1.68. The number of hydrogen-bond acceptors (Lipinski definition) is 4. The first-order valence-corrected chi connectivity index (χ1v) is 7.23. The van der Waals surface area contributed by atoms with E-state index in [1.54, 1.807) is 7.11 Å². The van der Waals surface area contributed by atoms with E-state index < -0.39 is 0 Å². The predicted molar refractivity (Wildman–Crippen MR) is 74.0 cm³/mol. The normalized spacial score (nSPS) is 21.5.